The van der Waals surface area contributed by atoms with E-state index in [1.807, 2.05) is 28.9 Å². The Morgan fingerprint density at radius 2 is 2.14 bits per heavy atom. The normalized spacial score (nSPS) is 14.7. The molecule has 1 heterocycles. The quantitative estimate of drug-likeness (QED) is 0.652. The first-order valence-electron chi connectivity index (χ1n) is 6.63. The number of nitrogens with zero attached hydrogens (tertiary/aromatic N) is 4. The lowest BCUT2D eigenvalue weighted by Crippen LogP contribution is -1.98. The highest BCUT2D eigenvalue weighted by Crippen LogP contribution is 2.36. The highest BCUT2D eigenvalue weighted by molar-refractivity contribution is 7.98. The van der Waals surface area contributed by atoms with Crippen LogP contribution in [0.1, 0.15) is 30.0 Å². The van der Waals surface area contributed by atoms with Gasteiger partial charge in [-0.25, -0.2) is 9.48 Å². The number of hydrogen-bond donors (Lipinski definition) is 1. The molecule has 1 aromatic carbocycles. The van der Waals surface area contributed by atoms with Crippen LogP contribution in [0.4, 0.5) is 0 Å². The molecule has 21 heavy (non-hydrogen) atoms. The van der Waals surface area contributed by atoms with Gasteiger partial charge in [-0.3, -0.25) is 0 Å². The number of carboxylic acid groups (broad SMARTS) is 1. The van der Waals surface area contributed by atoms with Crippen molar-refractivity contribution in [3.63, 3.8) is 0 Å². The Morgan fingerprint density at radius 3 is 2.81 bits per heavy atom. The summed E-state index contributed by atoms with van der Waals surface area (Å²) in [6.07, 6.45) is 5.02. The van der Waals surface area contributed by atoms with Gasteiger partial charge in [-0.05, 0) is 40.5 Å². The summed E-state index contributed by atoms with van der Waals surface area (Å²) in [7, 11) is 0. The Bertz CT molecular complexity index is 662. The van der Waals surface area contributed by atoms with Crippen molar-refractivity contribution < 1.29 is 9.90 Å². The van der Waals surface area contributed by atoms with Crippen molar-refractivity contribution >= 4 is 23.8 Å². The van der Waals surface area contributed by atoms with Crippen LogP contribution in [0.2, 0.25) is 0 Å². The van der Waals surface area contributed by atoms with Gasteiger partial charge >= 0.3 is 5.97 Å². The summed E-state index contributed by atoms with van der Waals surface area (Å²) in [6, 6.07) is 8.25. The average molecular weight is 302 g/mol. The molecule has 7 heteroatoms. The molecule has 0 bridgehead atoms. The lowest BCUT2D eigenvalue weighted by molar-refractivity contribution is -0.131. The van der Waals surface area contributed by atoms with Gasteiger partial charge in [0.25, 0.3) is 0 Å². The molecule has 1 aliphatic carbocycles. The van der Waals surface area contributed by atoms with E-state index in [1.54, 1.807) is 17.8 Å². The van der Waals surface area contributed by atoms with Crippen molar-refractivity contribution in [2.75, 3.05) is 0 Å². The maximum absolute atomic E-state index is 10.5. The van der Waals surface area contributed by atoms with E-state index in [1.165, 1.54) is 0 Å². The van der Waals surface area contributed by atoms with Gasteiger partial charge in [0.2, 0.25) is 5.16 Å². The van der Waals surface area contributed by atoms with Crippen molar-refractivity contribution in [3.05, 3.63) is 41.5 Å². The average Bonchev–Trinajstić information content (AvgIpc) is 3.23. The number of benzene rings is 1. The summed E-state index contributed by atoms with van der Waals surface area (Å²) in [5, 5.41) is 21.2. The molecule has 1 saturated carbocycles. The fraction of sp³-hybridized carbons (Fsp3) is 0.286. The number of aromatic nitrogens is 4. The molecule has 1 N–H and O–H groups in total. The van der Waals surface area contributed by atoms with E-state index in [-0.39, 0.29) is 0 Å². The molecule has 0 radical (unpaired) electrons. The molecular formula is C14H14N4O2S. The molecule has 0 atom stereocenters. The van der Waals surface area contributed by atoms with Crippen LogP contribution in [-0.2, 0) is 10.5 Å². The van der Waals surface area contributed by atoms with Crippen molar-refractivity contribution in [1.82, 2.24) is 20.2 Å². The molecule has 0 spiro atoms. The summed E-state index contributed by atoms with van der Waals surface area (Å²) in [6.45, 7) is 0. The standard InChI is InChI=1S/C14H14N4O2S/c19-13(20)8-5-10-1-3-11(4-2-10)9-21-14-15-16-17-18(14)12-6-7-12/h1-5,8,12H,6-7,9H2,(H,19,20). The number of thioether (sulfide) groups is 1. The lowest BCUT2D eigenvalue weighted by atomic mass is 10.1. The number of carboxylic acids is 1. The molecule has 1 fully saturated rings. The van der Waals surface area contributed by atoms with Gasteiger partial charge in [-0.2, -0.15) is 0 Å². The van der Waals surface area contributed by atoms with Crippen molar-refractivity contribution in [1.29, 1.82) is 0 Å². The van der Waals surface area contributed by atoms with Gasteiger partial charge in [0.05, 0.1) is 6.04 Å². The van der Waals surface area contributed by atoms with Crippen LogP contribution in [0.15, 0.2) is 35.5 Å². The SMILES string of the molecule is O=C(O)C=Cc1ccc(CSc2nnnn2C2CC2)cc1. The molecule has 1 aromatic heterocycles. The molecule has 0 saturated heterocycles. The van der Waals surface area contributed by atoms with Crippen LogP contribution < -0.4 is 0 Å². The fourth-order valence-corrected chi connectivity index (χ4v) is 2.77. The molecule has 3 rings (SSSR count). The minimum absolute atomic E-state index is 0.478. The number of hydrogen-bond acceptors (Lipinski definition) is 5. The monoisotopic (exact) mass is 302 g/mol. The number of carbonyl (C=O) groups is 1. The maximum Gasteiger partial charge on any atom is 0.328 e. The van der Waals surface area contributed by atoms with Crippen LogP contribution in [0.5, 0.6) is 0 Å². The second kappa shape index (κ2) is 6.09. The van der Waals surface area contributed by atoms with E-state index in [4.69, 9.17) is 5.11 Å². The van der Waals surface area contributed by atoms with E-state index in [2.05, 4.69) is 15.5 Å². The molecule has 1 aliphatic rings. The first kappa shape index (κ1) is 13.8. The summed E-state index contributed by atoms with van der Waals surface area (Å²) in [4.78, 5) is 10.5. The van der Waals surface area contributed by atoms with Crippen LogP contribution in [0, 0.1) is 0 Å². The highest BCUT2D eigenvalue weighted by Gasteiger charge is 2.27. The van der Waals surface area contributed by atoms with Gasteiger partial charge in [0.1, 0.15) is 0 Å². The van der Waals surface area contributed by atoms with Gasteiger partial charge in [-0.15, -0.1) is 5.10 Å². The first-order chi connectivity index (χ1) is 10.2. The summed E-state index contributed by atoms with van der Waals surface area (Å²) in [5.41, 5.74) is 2.02. The van der Waals surface area contributed by atoms with Gasteiger partial charge < -0.3 is 5.11 Å². The number of tetrazole rings is 1. The third-order valence-electron chi connectivity index (χ3n) is 3.12. The zero-order chi connectivity index (χ0) is 14.7. The van der Waals surface area contributed by atoms with Crippen LogP contribution in [-0.4, -0.2) is 31.3 Å². The van der Waals surface area contributed by atoms with E-state index in [0.717, 1.165) is 41.0 Å². The molecular weight excluding hydrogens is 288 g/mol. The lowest BCUT2D eigenvalue weighted by Gasteiger charge is -2.03. The molecule has 6 nitrogen and oxygen atoms in total. The Labute approximate surface area is 125 Å². The molecule has 0 amide bonds. The van der Waals surface area contributed by atoms with Crippen molar-refractivity contribution in [2.24, 2.45) is 0 Å². The molecule has 0 aliphatic heterocycles. The van der Waals surface area contributed by atoms with Crippen molar-refractivity contribution in [3.8, 4) is 0 Å². The Kier molecular flexibility index (Phi) is 4.01. The summed E-state index contributed by atoms with van der Waals surface area (Å²) < 4.78 is 1.90. The molecule has 108 valence electrons. The first-order valence-corrected chi connectivity index (χ1v) is 7.61. The maximum atomic E-state index is 10.5. The third kappa shape index (κ3) is 3.69. The zero-order valence-electron chi connectivity index (χ0n) is 11.2. The highest BCUT2D eigenvalue weighted by atomic mass is 32.2. The van der Waals surface area contributed by atoms with E-state index in [9.17, 15) is 4.79 Å². The Hall–Kier alpha value is -2.15. The fourth-order valence-electron chi connectivity index (χ4n) is 1.87. The van der Waals surface area contributed by atoms with Crippen LogP contribution in [0.3, 0.4) is 0 Å². The molecule has 2 aromatic rings. The minimum atomic E-state index is -0.943. The number of aliphatic carboxylic acids is 1. The van der Waals surface area contributed by atoms with E-state index < -0.39 is 5.97 Å². The van der Waals surface area contributed by atoms with E-state index >= 15 is 0 Å². The zero-order valence-corrected chi connectivity index (χ0v) is 12.0. The second-order valence-electron chi connectivity index (χ2n) is 4.84. The predicted octanol–water partition coefficient (Wildman–Crippen LogP) is 2.40. The second-order valence-corrected chi connectivity index (χ2v) is 5.78. The number of rotatable bonds is 6. The van der Waals surface area contributed by atoms with Gasteiger partial charge in [-0.1, -0.05) is 36.0 Å². The van der Waals surface area contributed by atoms with Crippen LogP contribution in [0.25, 0.3) is 6.08 Å². The predicted molar refractivity (Wildman–Crippen MR) is 78.8 cm³/mol. The Morgan fingerprint density at radius 1 is 1.38 bits per heavy atom. The van der Waals surface area contributed by atoms with E-state index in [0.29, 0.717) is 6.04 Å². The summed E-state index contributed by atoms with van der Waals surface area (Å²) in [5.74, 6) is -0.155. The smallest absolute Gasteiger partial charge is 0.328 e. The topological polar surface area (TPSA) is 80.9 Å². The van der Waals surface area contributed by atoms with Gasteiger partial charge in [0, 0.05) is 11.8 Å². The summed E-state index contributed by atoms with van der Waals surface area (Å²) >= 11 is 1.61. The Balaban J connectivity index is 1.60. The molecule has 0 unspecified atom stereocenters. The van der Waals surface area contributed by atoms with Crippen molar-refractivity contribution in [2.45, 2.75) is 29.8 Å². The largest absolute Gasteiger partial charge is 0.478 e. The minimum Gasteiger partial charge on any atom is -0.478 e. The van der Waals surface area contributed by atoms with Gasteiger partial charge in [0.15, 0.2) is 0 Å². The van der Waals surface area contributed by atoms with Crippen LogP contribution >= 0.6 is 11.8 Å². The third-order valence-corrected chi connectivity index (χ3v) is 4.13.